The summed E-state index contributed by atoms with van der Waals surface area (Å²) >= 11 is 0. The van der Waals surface area contributed by atoms with Crippen LogP contribution in [0.2, 0.25) is 0 Å². The molecule has 2 fully saturated rings. The van der Waals surface area contributed by atoms with E-state index < -0.39 is 23.0 Å². The molecule has 2 N–H and O–H groups in total. The lowest BCUT2D eigenvalue weighted by atomic mass is 9.61. The maximum atomic E-state index is 13.8. The molecule has 2 aliphatic rings. The van der Waals surface area contributed by atoms with Crippen LogP contribution in [0.1, 0.15) is 31.2 Å². The van der Waals surface area contributed by atoms with Gasteiger partial charge in [-0.15, -0.1) is 0 Å². The molecule has 0 radical (unpaired) electrons. The number of halogens is 2. The smallest absolute Gasteiger partial charge is 0.311 e. The van der Waals surface area contributed by atoms with Crippen molar-refractivity contribution < 1.29 is 23.4 Å². The van der Waals surface area contributed by atoms with E-state index in [0.29, 0.717) is 30.9 Å². The van der Waals surface area contributed by atoms with E-state index in [0.717, 1.165) is 49.1 Å². The molecule has 1 saturated carbocycles. The average molecular weight is 509 g/mol. The van der Waals surface area contributed by atoms with Crippen molar-refractivity contribution in [2.45, 2.75) is 31.7 Å². The van der Waals surface area contributed by atoms with Crippen LogP contribution in [0.3, 0.4) is 0 Å². The first kappa shape index (κ1) is 25.1. The summed E-state index contributed by atoms with van der Waals surface area (Å²) in [6, 6.07) is 9.06. The standard InChI is InChI=1S/C28H30F2N4O3/c1-37-25-7-6-23-26(33-25)24(9-13-32-23)34-14-10-19-16-21(8-11-28(19,17-34)27(35)36)31-12-2-3-18-15-20(29)4-5-22(18)30/h2-7,9,13,15,19,21,31H,8,10-12,14,16-17H2,1H3,(H,35,36). The van der Waals surface area contributed by atoms with Crippen molar-refractivity contribution in [1.82, 2.24) is 15.3 Å². The maximum Gasteiger partial charge on any atom is 0.311 e. The third-order valence-corrected chi connectivity index (χ3v) is 7.80. The first-order valence-corrected chi connectivity index (χ1v) is 12.5. The number of benzene rings is 1. The Kier molecular flexibility index (Phi) is 7.06. The quantitative estimate of drug-likeness (QED) is 0.480. The molecule has 194 valence electrons. The first-order valence-electron chi connectivity index (χ1n) is 12.5. The molecule has 1 aromatic carbocycles. The number of carboxylic acid groups (broad SMARTS) is 1. The number of piperidine rings is 1. The predicted octanol–water partition coefficient (Wildman–Crippen LogP) is 4.67. The number of hydrogen-bond donors (Lipinski definition) is 2. The highest BCUT2D eigenvalue weighted by molar-refractivity contribution is 5.89. The first-order chi connectivity index (χ1) is 17.9. The van der Waals surface area contributed by atoms with Gasteiger partial charge in [0.1, 0.15) is 17.2 Å². The number of methoxy groups -OCH3 is 1. The molecule has 3 unspecified atom stereocenters. The van der Waals surface area contributed by atoms with Crippen molar-refractivity contribution in [3.63, 3.8) is 0 Å². The van der Waals surface area contributed by atoms with Gasteiger partial charge in [0.05, 0.1) is 23.7 Å². The second kappa shape index (κ2) is 10.4. The largest absolute Gasteiger partial charge is 0.481 e. The van der Waals surface area contributed by atoms with E-state index in [1.54, 1.807) is 31.5 Å². The van der Waals surface area contributed by atoms with E-state index in [1.165, 1.54) is 6.07 Å². The van der Waals surface area contributed by atoms with E-state index in [2.05, 4.69) is 20.2 Å². The molecule has 7 nitrogen and oxygen atoms in total. The van der Waals surface area contributed by atoms with Gasteiger partial charge in [0, 0.05) is 43.5 Å². The van der Waals surface area contributed by atoms with Crippen LogP contribution in [-0.4, -0.2) is 53.8 Å². The minimum atomic E-state index is -0.842. The summed E-state index contributed by atoms with van der Waals surface area (Å²) in [7, 11) is 1.57. The molecule has 5 rings (SSSR count). The Morgan fingerprint density at radius 1 is 1.27 bits per heavy atom. The van der Waals surface area contributed by atoms with Crippen LogP contribution in [0.5, 0.6) is 5.88 Å². The van der Waals surface area contributed by atoms with Crippen molar-refractivity contribution in [3.05, 3.63) is 65.9 Å². The number of carboxylic acids is 1. The summed E-state index contributed by atoms with van der Waals surface area (Å²) in [5.41, 5.74) is 1.68. The lowest BCUT2D eigenvalue weighted by Crippen LogP contribution is -2.57. The number of rotatable bonds is 7. The van der Waals surface area contributed by atoms with E-state index in [4.69, 9.17) is 4.74 Å². The average Bonchev–Trinajstić information content (AvgIpc) is 2.91. The highest BCUT2D eigenvalue weighted by atomic mass is 19.1. The van der Waals surface area contributed by atoms with Crippen LogP contribution >= 0.6 is 0 Å². The number of aromatic nitrogens is 2. The van der Waals surface area contributed by atoms with Crippen LogP contribution in [0.15, 0.2) is 48.7 Å². The van der Waals surface area contributed by atoms with Gasteiger partial charge in [0.25, 0.3) is 0 Å². The van der Waals surface area contributed by atoms with Crippen LogP contribution in [0.25, 0.3) is 17.1 Å². The second-order valence-electron chi connectivity index (χ2n) is 9.87. The molecule has 1 aliphatic carbocycles. The zero-order valence-electron chi connectivity index (χ0n) is 20.7. The molecule has 0 amide bonds. The topological polar surface area (TPSA) is 87.6 Å². The molecular weight excluding hydrogens is 478 g/mol. The Bertz CT molecular complexity index is 1330. The van der Waals surface area contributed by atoms with E-state index >= 15 is 0 Å². The summed E-state index contributed by atoms with van der Waals surface area (Å²) in [6.45, 7) is 1.63. The van der Waals surface area contributed by atoms with Gasteiger partial charge in [0.15, 0.2) is 0 Å². The van der Waals surface area contributed by atoms with Gasteiger partial charge in [-0.05, 0) is 61.9 Å². The van der Waals surface area contributed by atoms with Gasteiger partial charge < -0.3 is 20.1 Å². The fourth-order valence-electron chi connectivity index (χ4n) is 5.82. The van der Waals surface area contributed by atoms with Crippen molar-refractivity contribution in [1.29, 1.82) is 0 Å². The summed E-state index contributed by atoms with van der Waals surface area (Å²) in [4.78, 5) is 23.8. The number of nitrogens with one attached hydrogen (secondary N) is 1. The number of ether oxygens (including phenoxy) is 1. The molecule has 3 aromatic rings. The summed E-state index contributed by atoms with van der Waals surface area (Å²) in [6.07, 6.45) is 7.86. The SMILES string of the molecule is COc1ccc2nccc(N3CCC4CC(NCC=Cc5cc(F)ccc5F)CCC4(C(=O)O)C3)c2n1. The molecule has 0 spiro atoms. The Morgan fingerprint density at radius 2 is 2.14 bits per heavy atom. The van der Waals surface area contributed by atoms with E-state index in [9.17, 15) is 18.7 Å². The fourth-order valence-corrected chi connectivity index (χ4v) is 5.82. The number of pyridine rings is 2. The molecule has 1 saturated heterocycles. The monoisotopic (exact) mass is 508 g/mol. The van der Waals surface area contributed by atoms with Gasteiger partial charge >= 0.3 is 5.97 Å². The predicted molar refractivity (Wildman–Crippen MR) is 138 cm³/mol. The van der Waals surface area contributed by atoms with Crippen LogP contribution in [-0.2, 0) is 4.79 Å². The van der Waals surface area contributed by atoms with Crippen molar-refractivity contribution in [3.8, 4) is 5.88 Å². The van der Waals surface area contributed by atoms with Gasteiger partial charge in [-0.25, -0.2) is 13.8 Å². The van der Waals surface area contributed by atoms with Crippen molar-refractivity contribution in [2.75, 3.05) is 31.6 Å². The van der Waals surface area contributed by atoms with Gasteiger partial charge in [-0.3, -0.25) is 9.78 Å². The molecule has 0 bridgehead atoms. The van der Waals surface area contributed by atoms with E-state index in [-0.39, 0.29) is 17.5 Å². The lowest BCUT2D eigenvalue weighted by Gasteiger charge is -2.50. The lowest BCUT2D eigenvalue weighted by molar-refractivity contribution is -0.156. The molecule has 9 heteroatoms. The number of carbonyl (C=O) groups is 1. The highest BCUT2D eigenvalue weighted by Crippen LogP contribution is 2.48. The number of nitrogens with zero attached hydrogens (tertiary/aromatic N) is 3. The normalized spacial score (nSPS) is 23.8. The zero-order chi connectivity index (χ0) is 26.0. The summed E-state index contributed by atoms with van der Waals surface area (Å²) in [5.74, 6) is -1.18. The molecule has 3 heterocycles. The fraction of sp³-hybridized carbons (Fsp3) is 0.393. The minimum Gasteiger partial charge on any atom is -0.481 e. The number of hydrogen-bond acceptors (Lipinski definition) is 6. The molecular formula is C28H30F2N4O3. The van der Waals surface area contributed by atoms with E-state index in [1.807, 2.05) is 12.1 Å². The van der Waals surface area contributed by atoms with Crippen molar-refractivity contribution >= 4 is 28.8 Å². The highest BCUT2D eigenvalue weighted by Gasteiger charge is 2.52. The molecule has 3 atom stereocenters. The molecule has 2 aromatic heterocycles. The van der Waals surface area contributed by atoms with Crippen molar-refractivity contribution in [2.24, 2.45) is 11.3 Å². The molecule has 37 heavy (non-hydrogen) atoms. The van der Waals surface area contributed by atoms with Gasteiger partial charge in [-0.1, -0.05) is 12.2 Å². The molecule has 1 aliphatic heterocycles. The number of anilines is 1. The number of fused-ring (bicyclic) bond motifs is 2. The number of aliphatic carboxylic acids is 1. The second-order valence-corrected chi connectivity index (χ2v) is 9.87. The Labute approximate surface area is 214 Å². The van der Waals surface area contributed by atoms with Crippen LogP contribution in [0, 0.1) is 23.0 Å². The Balaban J connectivity index is 1.27. The zero-order valence-corrected chi connectivity index (χ0v) is 20.7. The van der Waals surface area contributed by atoms with Gasteiger partial charge in [0.2, 0.25) is 5.88 Å². The summed E-state index contributed by atoms with van der Waals surface area (Å²) in [5, 5.41) is 13.8. The van der Waals surface area contributed by atoms with Gasteiger partial charge in [-0.2, -0.15) is 0 Å². The maximum absolute atomic E-state index is 13.8. The van der Waals surface area contributed by atoms with Crippen LogP contribution in [0.4, 0.5) is 14.5 Å². The Hall–Kier alpha value is -3.59. The Morgan fingerprint density at radius 3 is 2.95 bits per heavy atom. The third-order valence-electron chi connectivity index (χ3n) is 7.80. The summed E-state index contributed by atoms with van der Waals surface area (Å²) < 4.78 is 32.5. The minimum absolute atomic E-state index is 0.0349. The van der Waals surface area contributed by atoms with Crippen LogP contribution < -0.4 is 15.0 Å². The third kappa shape index (κ3) is 5.00.